The second-order valence-corrected chi connectivity index (χ2v) is 13.1. The Kier molecular flexibility index (Phi) is 5.54. The Hall–Kier alpha value is -6.43. The number of benzene rings is 7. The van der Waals surface area contributed by atoms with Crippen LogP contribution >= 0.6 is 11.3 Å². The molecule has 0 N–H and O–H groups in total. The largest absolute Gasteiger partial charge is 0.456 e. The highest BCUT2D eigenvalue weighted by molar-refractivity contribution is 7.26. The first-order chi connectivity index (χ1) is 26.8. The van der Waals surface area contributed by atoms with Gasteiger partial charge in [0.25, 0.3) is 0 Å². The van der Waals surface area contributed by atoms with E-state index in [1.54, 1.807) is 11.3 Å². The third-order valence-corrected chi connectivity index (χ3v) is 10.3. The second-order valence-electron chi connectivity index (χ2n) is 12.0. The Balaban J connectivity index is 1.22. The SMILES string of the molecule is [2H]c1c([2H])c([2H])c(-c2cc(-c3nc(-c4ccccc4)nc(-c4ccc5c(c4)oc4ccccc45)n3)ccc2-c2cccc3c2sc2ccccc23)c([2H])c1[2H]. The lowest BCUT2D eigenvalue weighted by molar-refractivity contribution is 0.669. The van der Waals surface area contributed by atoms with Crippen LogP contribution in [0.3, 0.4) is 0 Å². The van der Waals surface area contributed by atoms with Gasteiger partial charge in [0.15, 0.2) is 17.5 Å². The molecule has 0 aliphatic carbocycles. The van der Waals surface area contributed by atoms with E-state index in [2.05, 4.69) is 18.2 Å². The molecule has 0 radical (unpaired) electrons. The molecular formula is C45H27N3OS. The van der Waals surface area contributed by atoms with Gasteiger partial charge in [0.2, 0.25) is 0 Å². The van der Waals surface area contributed by atoms with Crippen LogP contribution in [0.2, 0.25) is 0 Å². The molecular weight excluding hydrogens is 631 g/mol. The first kappa shape index (κ1) is 23.8. The van der Waals surface area contributed by atoms with E-state index in [1.165, 1.54) is 0 Å². The number of hydrogen-bond donors (Lipinski definition) is 0. The summed E-state index contributed by atoms with van der Waals surface area (Å²) in [5.74, 6) is 1.28. The van der Waals surface area contributed by atoms with Crippen molar-refractivity contribution < 1.29 is 11.3 Å². The summed E-state index contributed by atoms with van der Waals surface area (Å²) < 4.78 is 51.9. The molecule has 7 aromatic carbocycles. The predicted octanol–water partition coefficient (Wildman–Crippen LogP) is 12.5. The molecule has 10 aromatic rings. The van der Waals surface area contributed by atoms with Crippen molar-refractivity contribution in [2.45, 2.75) is 0 Å². The standard InChI is InChI=1S/C45H27N3OS/c1-3-12-28(13-4-1)38-26-30(22-24-32(38)36-18-11-19-37-35-17-8-10-21-41(35)50-42(36)37)44-46-43(29-14-5-2-6-15-29)47-45(48-44)31-23-25-34-33-16-7-9-20-39(33)49-40(34)27-31/h1-27H/i1D,3D,4D,12D,13D. The van der Waals surface area contributed by atoms with Gasteiger partial charge in [-0.25, -0.2) is 15.0 Å². The smallest absolute Gasteiger partial charge is 0.164 e. The van der Waals surface area contributed by atoms with Gasteiger partial charge in [-0.15, -0.1) is 11.3 Å². The summed E-state index contributed by atoms with van der Waals surface area (Å²) in [6, 6.07) is 41.8. The van der Waals surface area contributed by atoms with Gasteiger partial charge in [-0.2, -0.15) is 0 Å². The van der Waals surface area contributed by atoms with Gasteiger partial charge in [-0.1, -0.05) is 133 Å². The molecule has 0 fully saturated rings. The fourth-order valence-corrected chi connectivity index (χ4v) is 7.91. The molecule has 0 saturated heterocycles. The van der Waals surface area contributed by atoms with Crippen LogP contribution in [0.1, 0.15) is 6.85 Å². The number of hydrogen-bond acceptors (Lipinski definition) is 5. The van der Waals surface area contributed by atoms with Crippen LogP contribution in [0.4, 0.5) is 0 Å². The Morgan fingerprint density at radius 3 is 1.94 bits per heavy atom. The van der Waals surface area contributed by atoms with E-state index < -0.39 is 18.1 Å². The van der Waals surface area contributed by atoms with Crippen LogP contribution in [-0.4, -0.2) is 15.0 Å². The maximum atomic E-state index is 9.04. The zero-order valence-electron chi connectivity index (χ0n) is 31.4. The van der Waals surface area contributed by atoms with Crippen LogP contribution in [0.25, 0.3) is 98.5 Å². The zero-order valence-corrected chi connectivity index (χ0v) is 27.2. The Morgan fingerprint density at radius 1 is 0.440 bits per heavy atom. The van der Waals surface area contributed by atoms with Gasteiger partial charge >= 0.3 is 0 Å². The quantitative estimate of drug-likeness (QED) is 0.184. The zero-order chi connectivity index (χ0) is 37.4. The minimum Gasteiger partial charge on any atom is -0.456 e. The lowest BCUT2D eigenvalue weighted by Crippen LogP contribution is -2.00. The molecule has 0 amide bonds. The van der Waals surface area contributed by atoms with Crippen LogP contribution in [0, 0.1) is 0 Å². The summed E-state index contributed by atoms with van der Waals surface area (Å²) in [5.41, 5.74) is 5.86. The van der Waals surface area contributed by atoms with E-state index >= 15 is 0 Å². The van der Waals surface area contributed by atoms with Crippen molar-refractivity contribution in [3.8, 4) is 56.4 Å². The van der Waals surface area contributed by atoms with Crippen molar-refractivity contribution in [1.29, 1.82) is 0 Å². The van der Waals surface area contributed by atoms with E-state index in [-0.39, 0.29) is 17.6 Å². The highest BCUT2D eigenvalue weighted by Crippen LogP contribution is 2.43. The Bertz CT molecular complexity index is 3150. The molecule has 10 rings (SSSR count). The summed E-state index contributed by atoms with van der Waals surface area (Å²) in [7, 11) is 0. The van der Waals surface area contributed by atoms with Gasteiger partial charge in [0.1, 0.15) is 11.2 Å². The van der Waals surface area contributed by atoms with E-state index in [1.807, 2.05) is 115 Å². The summed E-state index contributed by atoms with van der Waals surface area (Å²) in [4.78, 5) is 14.9. The van der Waals surface area contributed by atoms with Gasteiger partial charge in [0.05, 0.1) is 6.85 Å². The van der Waals surface area contributed by atoms with E-state index in [4.69, 9.17) is 26.2 Å². The molecule has 0 unspecified atom stereocenters. The third-order valence-electron chi connectivity index (χ3n) is 9.05. The number of thiophene rings is 1. The third kappa shape index (κ3) is 4.79. The number of rotatable bonds is 5. The molecule has 3 heterocycles. The van der Waals surface area contributed by atoms with Crippen molar-refractivity contribution >= 4 is 53.4 Å². The van der Waals surface area contributed by atoms with Gasteiger partial charge < -0.3 is 4.42 Å². The minimum atomic E-state index is -0.445. The Labute approximate surface area is 299 Å². The highest BCUT2D eigenvalue weighted by atomic mass is 32.1. The topological polar surface area (TPSA) is 51.8 Å². The fraction of sp³-hybridized carbons (Fsp3) is 0. The highest BCUT2D eigenvalue weighted by Gasteiger charge is 2.18. The molecule has 0 aliphatic rings. The number of para-hydroxylation sites is 1. The predicted molar refractivity (Wildman–Crippen MR) is 207 cm³/mol. The van der Waals surface area contributed by atoms with Crippen molar-refractivity contribution in [1.82, 2.24) is 15.0 Å². The lowest BCUT2D eigenvalue weighted by Gasteiger charge is -2.14. The van der Waals surface area contributed by atoms with Crippen LogP contribution in [0.15, 0.2) is 168 Å². The van der Waals surface area contributed by atoms with E-state index in [0.717, 1.165) is 58.8 Å². The minimum absolute atomic E-state index is 0.105. The fourth-order valence-electron chi connectivity index (χ4n) is 6.68. The molecule has 0 aliphatic heterocycles. The van der Waals surface area contributed by atoms with Crippen molar-refractivity contribution in [2.75, 3.05) is 0 Å². The van der Waals surface area contributed by atoms with E-state index in [0.29, 0.717) is 34.2 Å². The molecule has 5 heteroatoms. The number of nitrogens with zero attached hydrogens (tertiary/aromatic N) is 3. The Morgan fingerprint density at radius 2 is 1.10 bits per heavy atom. The maximum absolute atomic E-state index is 9.04. The molecule has 0 bridgehead atoms. The molecule has 3 aromatic heterocycles. The van der Waals surface area contributed by atoms with Crippen molar-refractivity contribution in [3.05, 3.63) is 164 Å². The number of furan rings is 1. The molecule has 50 heavy (non-hydrogen) atoms. The van der Waals surface area contributed by atoms with Crippen molar-refractivity contribution in [2.24, 2.45) is 0 Å². The average molecular weight is 663 g/mol. The van der Waals surface area contributed by atoms with Crippen LogP contribution < -0.4 is 0 Å². The molecule has 4 nitrogen and oxygen atoms in total. The number of aromatic nitrogens is 3. The normalized spacial score (nSPS) is 13.0. The van der Waals surface area contributed by atoms with Crippen LogP contribution in [-0.2, 0) is 0 Å². The summed E-state index contributed by atoms with van der Waals surface area (Å²) in [6.07, 6.45) is 0. The van der Waals surface area contributed by atoms with Gasteiger partial charge in [-0.3, -0.25) is 0 Å². The molecule has 0 saturated carbocycles. The van der Waals surface area contributed by atoms with Crippen LogP contribution in [0.5, 0.6) is 0 Å². The second kappa shape index (κ2) is 11.6. The summed E-state index contributed by atoms with van der Waals surface area (Å²) in [5, 5.41) is 4.24. The monoisotopic (exact) mass is 662 g/mol. The van der Waals surface area contributed by atoms with Gasteiger partial charge in [0, 0.05) is 53.2 Å². The number of fused-ring (bicyclic) bond motifs is 6. The van der Waals surface area contributed by atoms with Crippen molar-refractivity contribution in [3.63, 3.8) is 0 Å². The molecule has 234 valence electrons. The lowest BCUT2D eigenvalue weighted by atomic mass is 9.92. The maximum Gasteiger partial charge on any atom is 0.164 e. The first-order valence-electron chi connectivity index (χ1n) is 18.7. The van der Waals surface area contributed by atoms with E-state index in [9.17, 15) is 0 Å². The summed E-state index contributed by atoms with van der Waals surface area (Å²) in [6.45, 7) is 0. The average Bonchev–Trinajstić information content (AvgIpc) is 3.81. The molecule has 0 spiro atoms. The summed E-state index contributed by atoms with van der Waals surface area (Å²) >= 11 is 1.67. The first-order valence-corrected chi connectivity index (χ1v) is 17.0. The van der Waals surface area contributed by atoms with Gasteiger partial charge in [-0.05, 0) is 47.0 Å². The molecule has 0 atom stereocenters.